The summed E-state index contributed by atoms with van der Waals surface area (Å²) in [4.78, 5) is 50.1. The second kappa shape index (κ2) is 11.2. The smallest absolute Gasteiger partial charge is 0.543 e. The van der Waals surface area contributed by atoms with E-state index in [1.807, 2.05) is 0 Å². The Kier molecular flexibility index (Phi) is 8.50. The molecule has 2 amide bonds. The molecule has 4 rings (SSSR count). The van der Waals surface area contributed by atoms with Gasteiger partial charge in [-0.3, -0.25) is 14.5 Å². The van der Waals surface area contributed by atoms with Gasteiger partial charge in [-0.15, -0.1) is 23.1 Å². The number of carboxylic acids is 1. The number of allylic oxidation sites excluding steroid dienone is 1. The third kappa shape index (κ3) is 5.18. The van der Waals surface area contributed by atoms with Crippen LogP contribution in [0.2, 0.25) is 0 Å². The van der Waals surface area contributed by atoms with Gasteiger partial charge in [0.2, 0.25) is 5.88 Å². The van der Waals surface area contributed by atoms with Gasteiger partial charge in [-0.2, -0.15) is 0 Å². The number of oxime groups is 1. The molecule has 4 heterocycles. The molecule has 16 heteroatoms. The van der Waals surface area contributed by atoms with Crippen LogP contribution in [0.15, 0.2) is 40.4 Å². The molecule has 2 aliphatic rings. The number of carbonyl (C=O) groups is 3. The normalized spacial score (nSPS) is 19.6. The molecule has 2 atom stereocenters. The molecular weight excluding hydrogens is 509 g/mol. The summed E-state index contributed by atoms with van der Waals surface area (Å²) in [5.41, 5.74) is 5.72. The molecule has 2 aromatic heterocycles. The third-order valence-electron chi connectivity index (χ3n) is 4.92. The first kappa shape index (κ1) is 26.6. The standard InChI is InChI=1S/C19H17N7O6S2.Na/c1-32-15-8(4-21-7-22-15)2-3-9-5-33-17-12(16(28)26(17)13(9)18(29)30)24-14(27)11(25-31)10-6-34-19(20)23-10;/h2-4,6-7,12,17,31H,5H2,1H3,(H2,20,23)(H,24,27)(H,29,30);/q;+1/p-1/b3-2-,25-11-;/t12-,17+;/m1./s1. The van der Waals surface area contributed by atoms with Crippen LogP contribution in [0.4, 0.5) is 5.13 Å². The summed E-state index contributed by atoms with van der Waals surface area (Å²) in [7, 11) is 1.44. The number of nitrogens with one attached hydrogen (secondary N) is 1. The number of nitrogens with two attached hydrogens (primary N) is 1. The van der Waals surface area contributed by atoms with Crippen molar-refractivity contribution in [1.82, 2.24) is 25.2 Å². The molecule has 1 fully saturated rings. The number of thiazole rings is 1. The quantitative estimate of drug-likeness (QED) is 0.104. The zero-order valence-corrected chi connectivity index (χ0v) is 22.0. The fourth-order valence-electron chi connectivity index (χ4n) is 3.38. The van der Waals surface area contributed by atoms with Crippen molar-refractivity contribution in [3.63, 3.8) is 0 Å². The summed E-state index contributed by atoms with van der Waals surface area (Å²) >= 11 is 2.30. The zero-order valence-electron chi connectivity index (χ0n) is 18.4. The summed E-state index contributed by atoms with van der Waals surface area (Å²) in [6.45, 7) is 0. The zero-order chi connectivity index (χ0) is 24.4. The van der Waals surface area contributed by atoms with Crippen LogP contribution in [0, 0.1) is 0 Å². The number of aliphatic carboxylic acids is 1. The topological polar surface area (TPSA) is 196 Å². The van der Waals surface area contributed by atoms with Crippen molar-refractivity contribution < 1.29 is 59.0 Å². The Labute approximate surface area is 228 Å². The second-order valence-corrected chi connectivity index (χ2v) is 8.86. The van der Waals surface area contributed by atoms with Crippen molar-refractivity contribution in [2.45, 2.75) is 11.4 Å². The van der Waals surface area contributed by atoms with Gasteiger partial charge >= 0.3 is 29.6 Å². The Balaban J connectivity index is 0.00000342. The van der Waals surface area contributed by atoms with E-state index >= 15 is 0 Å². The van der Waals surface area contributed by atoms with E-state index in [4.69, 9.17) is 10.5 Å². The Morgan fingerprint density at radius 2 is 2.20 bits per heavy atom. The van der Waals surface area contributed by atoms with Crippen LogP contribution in [0.25, 0.3) is 6.08 Å². The second-order valence-electron chi connectivity index (χ2n) is 6.86. The average molecular weight is 526 g/mol. The minimum Gasteiger partial charge on any atom is -0.543 e. The number of β-lactam (4-membered cyclic amide) rings is 1. The van der Waals surface area contributed by atoms with Gasteiger partial charge in [0.1, 0.15) is 23.4 Å². The summed E-state index contributed by atoms with van der Waals surface area (Å²) in [6.07, 6.45) is 5.91. The molecule has 0 aromatic carbocycles. The van der Waals surface area contributed by atoms with Crippen LogP contribution >= 0.6 is 23.1 Å². The summed E-state index contributed by atoms with van der Waals surface area (Å²) in [5.74, 6) is -2.51. The number of nitrogen functional groups attached to an aromatic ring is 1. The molecular formula is C19H16N7NaO6S2. The van der Waals surface area contributed by atoms with E-state index in [-0.39, 0.29) is 51.8 Å². The van der Waals surface area contributed by atoms with Crippen LogP contribution in [0.1, 0.15) is 11.3 Å². The number of anilines is 1. The average Bonchev–Trinajstić information content (AvgIpc) is 3.26. The molecule has 176 valence electrons. The van der Waals surface area contributed by atoms with Crippen LogP contribution in [-0.2, 0) is 14.4 Å². The van der Waals surface area contributed by atoms with Gasteiger partial charge in [0.15, 0.2) is 10.8 Å². The summed E-state index contributed by atoms with van der Waals surface area (Å²) in [6, 6.07) is -1.03. The molecule has 0 radical (unpaired) electrons. The number of hydrogen-bond acceptors (Lipinski definition) is 13. The maximum atomic E-state index is 12.8. The van der Waals surface area contributed by atoms with E-state index in [0.717, 1.165) is 16.2 Å². The monoisotopic (exact) mass is 525 g/mol. The minimum atomic E-state index is -1.53. The number of hydrogen-bond donors (Lipinski definition) is 3. The van der Waals surface area contributed by atoms with Crippen LogP contribution < -0.4 is 50.5 Å². The molecule has 1 saturated heterocycles. The van der Waals surface area contributed by atoms with Crippen molar-refractivity contribution in [3.05, 3.63) is 46.5 Å². The Bertz CT molecular complexity index is 1260. The first-order chi connectivity index (χ1) is 16.3. The van der Waals surface area contributed by atoms with Crippen molar-refractivity contribution >= 4 is 57.8 Å². The molecule has 0 saturated carbocycles. The minimum absolute atomic E-state index is 0. The van der Waals surface area contributed by atoms with Gasteiger partial charge in [0, 0.05) is 17.3 Å². The Hall–Kier alpha value is -2.98. The van der Waals surface area contributed by atoms with Crippen molar-refractivity contribution in [1.29, 1.82) is 0 Å². The van der Waals surface area contributed by atoms with E-state index in [2.05, 4.69) is 25.4 Å². The van der Waals surface area contributed by atoms with E-state index < -0.39 is 34.9 Å². The number of ether oxygens (including phenoxy) is 1. The number of methoxy groups -OCH3 is 1. The number of aromatic nitrogens is 3. The first-order valence-corrected chi connectivity index (χ1v) is 11.4. The third-order valence-corrected chi connectivity index (χ3v) is 6.89. The summed E-state index contributed by atoms with van der Waals surface area (Å²) in [5, 5.41) is 27.5. The number of nitrogens with zero attached hydrogens (tertiary/aromatic N) is 5. The van der Waals surface area contributed by atoms with E-state index in [0.29, 0.717) is 17.0 Å². The van der Waals surface area contributed by atoms with Crippen molar-refractivity contribution in [2.75, 3.05) is 18.6 Å². The largest absolute Gasteiger partial charge is 1.00 e. The molecule has 4 N–H and O–H groups in total. The van der Waals surface area contributed by atoms with Gasteiger partial charge in [-0.1, -0.05) is 11.2 Å². The number of amides is 2. The number of rotatable bonds is 7. The van der Waals surface area contributed by atoms with E-state index in [1.165, 1.54) is 42.9 Å². The number of carbonyl (C=O) groups excluding carboxylic acids is 3. The summed E-state index contributed by atoms with van der Waals surface area (Å²) < 4.78 is 5.14. The fraction of sp³-hybridized carbons (Fsp3) is 0.211. The molecule has 0 unspecified atom stereocenters. The Morgan fingerprint density at radius 3 is 2.83 bits per heavy atom. The molecule has 35 heavy (non-hydrogen) atoms. The molecule has 0 spiro atoms. The fourth-order valence-corrected chi connectivity index (χ4v) is 5.25. The maximum absolute atomic E-state index is 12.8. The molecule has 2 aliphatic heterocycles. The van der Waals surface area contributed by atoms with E-state index in [1.54, 1.807) is 6.08 Å². The van der Waals surface area contributed by atoms with Crippen molar-refractivity contribution in [2.24, 2.45) is 5.16 Å². The predicted octanol–water partition coefficient (Wildman–Crippen LogP) is -4.18. The van der Waals surface area contributed by atoms with Gasteiger partial charge in [0.05, 0.1) is 24.3 Å². The SMILES string of the molecule is COc1ncncc1/C=C\C1=C(C(=O)[O-])N2C(=O)[C@@H](NC(=O)/C(=N\O)c3csc(N)n3)[C@@H]2SC1.[Na+]. The number of thioether (sulfide) groups is 1. The molecule has 0 bridgehead atoms. The van der Waals surface area contributed by atoms with Crippen LogP contribution in [-0.4, -0.2) is 72.8 Å². The molecule has 0 aliphatic carbocycles. The van der Waals surface area contributed by atoms with Crippen LogP contribution in [0.3, 0.4) is 0 Å². The Morgan fingerprint density at radius 1 is 1.43 bits per heavy atom. The van der Waals surface area contributed by atoms with Crippen LogP contribution in [0.5, 0.6) is 5.88 Å². The van der Waals surface area contributed by atoms with Gasteiger partial charge in [0.25, 0.3) is 11.8 Å². The number of carboxylic acid groups (broad SMARTS) is 1. The van der Waals surface area contributed by atoms with Gasteiger partial charge in [-0.05, 0) is 11.6 Å². The predicted molar refractivity (Wildman–Crippen MR) is 120 cm³/mol. The molecule has 13 nitrogen and oxygen atoms in total. The number of fused-ring (bicyclic) bond motifs is 1. The first-order valence-electron chi connectivity index (χ1n) is 9.51. The maximum Gasteiger partial charge on any atom is 1.00 e. The molecule has 2 aromatic rings. The van der Waals surface area contributed by atoms with Gasteiger partial charge in [-0.25, -0.2) is 15.0 Å². The van der Waals surface area contributed by atoms with Crippen molar-refractivity contribution in [3.8, 4) is 5.88 Å². The van der Waals surface area contributed by atoms with E-state index in [9.17, 15) is 24.7 Å². The van der Waals surface area contributed by atoms with Gasteiger partial charge < -0.3 is 30.9 Å².